The minimum Gasteiger partial charge on any atom is -0.309 e. The van der Waals surface area contributed by atoms with E-state index in [-0.39, 0.29) is 0 Å². The average Bonchev–Trinajstić information content (AvgIpc) is 3.40. The molecule has 0 saturated heterocycles. The largest absolute Gasteiger partial charge is 0.309 e. The first-order valence-electron chi connectivity index (χ1n) is 14.2. The Balaban J connectivity index is 1.34. The molecule has 0 N–H and O–H groups in total. The van der Waals surface area contributed by atoms with Gasteiger partial charge < -0.3 is 4.57 Å². The lowest BCUT2D eigenvalue weighted by molar-refractivity contribution is 1.18. The van der Waals surface area contributed by atoms with E-state index in [1.807, 2.05) is 0 Å². The van der Waals surface area contributed by atoms with E-state index in [0.29, 0.717) is 0 Å². The van der Waals surface area contributed by atoms with Crippen LogP contribution in [0.4, 0.5) is 0 Å². The van der Waals surface area contributed by atoms with Gasteiger partial charge in [0.2, 0.25) is 0 Å². The van der Waals surface area contributed by atoms with Crippen LogP contribution < -0.4 is 0 Å². The van der Waals surface area contributed by atoms with Crippen molar-refractivity contribution in [3.63, 3.8) is 0 Å². The van der Waals surface area contributed by atoms with Crippen LogP contribution in [0.2, 0.25) is 0 Å². The number of aromatic nitrogens is 1. The molecule has 0 atom stereocenters. The molecule has 0 saturated carbocycles. The molecular formula is C40H26BrN. The van der Waals surface area contributed by atoms with Crippen molar-refractivity contribution in [3.8, 4) is 39.1 Å². The Hall–Kier alpha value is -4.92. The molecule has 0 radical (unpaired) electrons. The van der Waals surface area contributed by atoms with Crippen LogP contribution in [0, 0.1) is 0 Å². The third kappa shape index (κ3) is 4.24. The fraction of sp³-hybridized carbons (Fsp3) is 0. The first kappa shape index (κ1) is 24.8. The number of nitrogens with zero attached hydrogens (tertiary/aromatic N) is 1. The summed E-state index contributed by atoms with van der Waals surface area (Å²) in [6.45, 7) is 0. The molecule has 0 aliphatic carbocycles. The summed E-state index contributed by atoms with van der Waals surface area (Å²) in [6.07, 6.45) is 0. The van der Waals surface area contributed by atoms with Gasteiger partial charge in [-0.1, -0.05) is 131 Å². The van der Waals surface area contributed by atoms with E-state index in [4.69, 9.17) is 0 Å². The lowest BCUT2D eigenvalue weighted by Crippen LogP contribution is -1.94. The van der Waals surface area contributed by atoms with Gasteiger partial charge in [-0.25, -0.2) is 0 Å². The molecule has 1 nitrogen and oxygen atoms in total. The summed E-state index contributed by atoms with van der Waals surface area (Å²) in [7, 11) is 0. The van der Waals surface area contributed by atoms with Crippen molar-refractivity contribution in [2.24, 2.45) is 0 Å². The quantitative estimate of drug-likeness (QED) is 0.189. The summed E-state index contributed by atoms with van der Waals surface area (Å²) in [6, 6.07) is 57.0. The second kappa shape index (κ2) is 10.2. The van der Waals surface area contributed by atoms with E-state index in [0.717, 1.165) is 10.2 Å². The van der Waals surface area contributed by atoms with E-state index in [9.17, 15) is 0 Å². The van der Waals surface area contributed by atoms with E-state index in [1.165, 1.54) is 66.0 Å². The van der Waals surface area contributed by atoms with Crippen LogP contribution in [-0.4, -0.2) is 4.57 Å². The number of rotatable bonds is 4. The van der Waals surface area contributed by atoms with Crippen LogP contribution in [0.1, 0.15) is 0 Å². The molecule has 42 heavy (non-hydrogen) atoms. The van der Waals surface area contributed by atoms with Crippen LogP contribution in [-0.2, 0) is 0 Å². The Morgan fingerprint density at radius 1 is 0.381 bits per heavy atom. The van der Waals surface area contributed by atoms with Gasteiger partial charge in [-0.3, -0.25) is 0 Å². The van der Waals surface area contributed by atoms with Gasteiger partial charge in [0.25, 0.3) is 0 Å². The summed E-state index contributed by atoms with van der Waals surface area (Å²) >= 11 is 3.56. The summed E-state index contributed by atoms with van der Waals surface area (Å²) < 4.78 is 3.51. The van der Waals surface area contributed by atoms with Crippen molar-refractivity contribution in [2.75, 3.05) is 0 Å². The molecular weight excluding hydrogens is 574 g/mol. The van der Waals surface area contributed by atoms with Crippen molar-refractivity contribution < 1.29 is 0 Å². The fourth-order valence-corrected chi connectivity index (χ4v) is 6.46. The minimum atomic E-state index is 1.09. The Labute approximate surface area is 253 Å². The van der Waals surface area contributed by atoms with Crippen LogP contribution in [0.25, 0.3) is 71.6 Å². The monoisotopic (exact) mass is 599 g/mol. The van der Waals surface area contributed by atoms with Crippen LogP contribution >= 0.6 is 15.9 Å². The highest BCUT2D eigenvalue weighted by molar-refractivity contribution is 9.10. The average molecular weight is 601 g/mol. The molecule has 0 aliphatic rings. The maximum atomic E-state index is 3.56. The predicted molar refractivity (Wildman–Crippen MR) is 182 cm³/mol. The molecule has 1 heterocycles. The highest BCUT2D eigenvalue weighted by atomic mass is 79.9. The van der Waals surface area contributed by atoms with Gasteiger partial charge in [0.15, 0.2) is 0 Å². The zero-order valence-corrected chi connectivity index (χ0v) is 24.4. The molecule has 0 fully saturated rings. The second-order valence-corrected chi connectivity index (χ2v) is 11.7. The van der Waals surface area contributed by atoms with E-state index in [1.54, 1.807) is 0 Å². The summed E-state index contributed by atoms with van der Waals surface area (Å²) in [5.41, 5.74) is 10.9. The van der Waals surface area contributed by atoms with E-state index in [2.05, 4.69) is 178 Å². The van der Waals surface area contributed by atoms with Crippen molar-refractivity contribution in [2.45, 2.75) is 0 Å². The maximum Gasteiger partial charge on any atom is 0.0547 e. The van der Waals surface area contributed by atoms with Gasteiger partial charge in [-0.05, 0) is 86.6 Å². The van der Waals surface area contributed by atoms with Gasteiger partial charge in [0, 0.05) is 20.9 Å². The Bertz CT molecular complexity index is 2220. The molecule has 2 heteroatoms. The molecule has 0 amide bonds. The highest BCUT2D eigenvalue weighted by Gasteiger charge is 2.16. The lowest BCUT2D eigenvalue weighted by Gasteiger charge is -2.11. The standard InChI is InChI=1S/C40H26BrN/c41-34-19-13-29(14-20-34)31-10-6-11-32(25-31)33-17-23-37-39(26-33)42(38-24-18-30-9-4-5-12-36(30)40(37)38)35-21-15-28(16-22-35)27-7-2-1-3-8-27/h1-26H. The summed E-state index contributed by atoms with van der Waals surface area (Å²) in [5.74, 6) is 0. The van der Waals surface area contributed by atoms with Crippen molar-refractivity contribution in [1.82, 2.24) is 4.57 Å². The number of benzene rings is 7. The minimum absolute atomic E-state index is 1.09. The molecule has 8 aromatic rings. The highest BCUT2D eigenvalue weighted by Crippen LogP contribution is 2.39. The summed E-state index contributed by atoms with van der Waals surface area (Å²) in [5, 5.41) is 5.10. The lowest BCUT2D eigenvalue weighted by atomic mass is 9.98. The first-order valence-corrected chi connectivity index (χ1v) is 15.0. The number of fused-ring (bicyclic) bond motifs is 5. The zero-order valence-electron chi connectivity index (χ0n) is 22.8. The number of hydrogen-bond acceptors (Lipinski definition) is 0. The smallest absolute Gasteiger partial charge is 0.0547 e. The van der Waals surface area contributed by atoms with Crippen molar-refractivity contribution in [3.05, 3.63) is 162 Å². The molecule has 0 aliphatic heterocycles. The normalized spacial score (nSPS) is 11.5. The van der Waals surface area contributed by atoms with Gasteiger partial charge in [-0.15, -0.1) is 0 Å². The van der Waals surface area contributed by atoms with Crippen molar-refractivity contribution in [1.29, 1.82) is 0 Å². The molecule has 0 spiro atoms. The SMILES string of the molecule is Brc1ccc(-c2cccc(-c3ccc4c5c6ccccc6ccc5n(-c5ccc(-c6ccccc6)cc5)c4c3)c2)cc1. The van der Waals surface area contributed by atoms with Gasteiger partial charge >= 0.3 is 0 Å². The Kier molecular flexibility index (Phi) is 6.01. The van der Waals surface area contributed by atoms with E-state index < -0.39 is 0 Å². The molecule has 1 aromatic heterocycles. The fourth-order valence-electron chi connectivity index (χ4n) is 6.20. The van der Waals surface area contributed by atoms with Crippen LogP contribution in [0.5, 0.6) is 0 Å². The molecule has 198 valence electrons. The molecule has 7 aromatic carbocycles. The topological polar surface area (TPSA) is 4.93 Å². The Morgan fingerprint density at radius 2 is 0.976 bits per heavy atom. The van der Waals surface area contributed by atoms with Crippen LogP contribution in [0.3, 0.4) is 0 Å². The second-order valence-electron chi connectivity index (χ2n) is 10.7. The predicted octanol–water partition coefficient (Wildman–Crippen LogP) is 11.7. The number of halogens is 1. The number of hydrogen-bond donors (Lipinski definition) is 0. The van der Waals surface area contributed by atoms with Crippen LogP contribution in [0.15, 0.2) is 162 Å². The Morgan fingerprint density at radius 3 is 1.79 bits per heavy atom. The molecule has 0 unspecified atom stereocenters. The summed E-state index contributed by atoms with van der Waals surface area (Å²) in [4.78, 5) is 0. The van der Waals surface area contributed by atoms with E-state index >= 15 is 0 Å². The van der Waals surface area contributed by atoms with Gasteiger partial charge in [-0.2, -0.15) is 0 Å². The van der Waals surface area contributed by atoms with Crippen molar-refractivity contribution >= 4 is 48.5 Å². The molecule has 8 rings (SSSR count). The van der Waals surface area contributed by atoms with Gasteiger partial charge in [0.1, 0.15) is 0 Å². The first-order chi connectivity index (χ1) is 20.7. The maximum absolute atomic E-state index is 3.56. The zero-order chi connectivity index (χ0) is 28.0. The van der Waals surface area contributed by atoms with Gasteiger partial charge in [0.05, 0.1) is 11.0 Å². The molecule has 0 bridgehead atoms. The third-order valence-electron chi connectivity index (χ3n) is 8.26. The third-order valence-corrected chi connectivity index (χ3v) is 8.79.